The molecule has 1 aromatic carbocycles. The lowest BCUT2D eigenvalue weighted by Gasteiger charge is -2.45. The molecule has 0 heterocycles. The second-order valence-electron chi connectivity index (χ2n) is 6.45. The van der Waals surface area contributed by atoms with Crippen molar-refractivity contribution in [1.82, 2.24) is 0 Å². The fourth-order valence-corrected chi connectivity index (χ4v) is 3.85. The number of methoxy groups -OCH3 is 1. The Morgan fingerprint density at radius 3 is 2.08 bits per heavy atom. The summed E-state index contributed by atoms with van der Waals surface area (Å²) in [4.78, 5) is 12.8. The average Bonchev–Trinajstić information content (AvgIpc) is 2.69. The number of benzene rings is 1. The van der Waals surface area contributed by atoms with E-state index in [2.05, 4.69) is 0 Å². The molecule has 0 spiro atoms. The molecule has 0 aliphatic heterocycles. The number of ether oxygens (including phenoxy) is 1. The van der Waals surface area contributed by atoms with Crippen molar-refractivity contribution >= 4 is 5.78 Å². The number of nitrogens with zero attached hydrogens (tertiary/aromatic N) is 4. The van der Waals surface area contributed by atoms with Crippen LogP contribution in [0, 0.1) is 62.1 Å². The van der Waals surface area contributed by atoms with Gasteiger partial charge in [0.25, 0.3) is 0 Å². The van der Waals surface area contributed by atoms with E-state index in [1.54, 1.807) is 24.3 Å². The maximum Gasteiger partial charge on any atom is 0.183 e. The zero-order valence-electron chi connectivity index (χ0n) is 14.7. The van der Waals surface area contributed by atoms with E-state index in [9.17, 15) is 25.8 Å². The highest BCUT2D eigenvalue weighted by molar-refractivity contribution is 5.86. The molecule has 1 aliphatic rings. The first-order valence-corrected chi connectivity index (χ1v) is 8.30. The highest BCUT2D eigenvalue weighted by Gasteiger charge is 2.66. The summed E-state index contributed by atoms with van der Waals surface area (Å²) in [5.74, 6) is -1.11. The molecule has 0 N–H and O–H groups in total. The van der Waals surface area contributed by atoms with Gasteiger partial charge in [-0.05, 0) is 24.1 Å². The third-order valence-corrected chi connectivity index (χ3v) is 5.20. The van der Waals surface area contributed by atoms with Crippen molar-refractivity contribution < 1.29 is 9.53 Å². The maximum atomic E-state index is 12.8. The molecule has 130 valence electrons. The van der Waals surface area contributed by atoms with Gasteiger partial charge in [-0.1, -0.05) is 25.5 Å². The second-order valence-corrected chi connectivity index (χ2v) is 6.45. The molecule has 0 saturated heterocycles. The van der Waals surface area contributed by atoms with E-state index >= 15 is 0 Å². The molecular weight excluding hydrogens is 328 g/mol. The van der Waals surface area contributed by atoms with E-state index in [1.165, 1.54) is 7.11 Å². The Morgan fingerprint density at radius 2 is 1.65 bits per heavy atom. The van der Waals surface area contributed by atoms with Gasteiger partial charge in [0.15, 0.2) is 10.8 Å². The molecule has 0 amide bonds. The maximum absolute atomic E-state index is 12.8. The minimum atomic E-state index is -2.00. The van der Waals surface area contributed by atoms with E-state index < -0.39 is 29.1 Å². The Morgan fingerprint density at radius 1 is 1.08 bits per heavy atom. The van der Waals surface area contributed by atoms with Crippen molar-refractivity contribution in [2.24, 2.45) is 16.7 Å². The van der Waals surface area contributed by atoms with Crippen LogP contribution in [0.5, 0.6) is 5.75 Å². The second kappa shape index (κ2) is 7.26. The number of hydrogen-bond donors (Lipinski definition) is 0. The number of ketones is 1. The van der Waals surface area contributed by atoms with Crippen LogP contribution in [-0.4, -0.2) is 12.9 Å². The van der Waals surface area contributed by atoms with Crippen molar-refractivity contribution in [2.75, 3.05) is 7.11 Å². The van der Waals surface area contributed by atoms with Crippen LogP contribution < -0.4 is 4.74 Å². The van der Waals surface area contributed by atoms with Crippen LogP contribution in [-0.2, 0) is 4.79 Å². The minimum absolute atomic E-state index is 0.253. The molecule has 0 unspecified atom stereocenters. The quantitative estimate of drug-likeness (QED) is 0.825. The van der Waals surface area contributed by atoms with Crippen LogP contribution in [0.2, 0.25) is 0 Å². The van der Waals surface area contributed by atoms with E-state index in [4.69, 9.17) is 4.74 Å². The van der Waals surface area contributed by atoms with Gasteiger partial charge in [-0.2, -0.15) is 21.0 Å². The zero-order chi connectivity index (χ0) is 19.4. The SMILES string of the molecule is CCC[C@@H]1C(=O)CC(C#N)(C#N)C(C#N)(C#N)[C@H]1c1ccc(OC)cc1. The first-order chi connectivity index (χ1) is 12.5. The summed E-state index contributed by atoms with van der Waals surface area (Å²) in [6.45, 7) is 1.91. The molecule has 6 nitrogen and oxygen atoms in total. The monoisotopic (exact) mass is 346 g/mol. The summed E-state index contributed by atoms with van der Waals surface area (Å²) >= 11 is 0. The van der Waals surface area contributed by atoms with E-state index in [-0.39, 0.29) is 5.78 Å². The smallest absolute Gasteiger partial charge is 0.183 e. The lowest BCUT2D eigenvalue weighted by Crippen LogP contribution is -2.53. The summed E-state index contributed by atoms with van der Waals surface area (Å²) in [6.07, 6.45) is 0.758. The largest absolute Gasteiger partial charge is 0.497 e. The average molecular weight is 346 g/mol. The Kier molecular flexibility index (Phi) is 5.30. The van der Waals surface area contributed by atoms with E-state index in [0.29, 0.717) is 24.2 Å². The van der Waals surface area contributed by atoms with Crippen molar-refractivity contribution in [2.45, 2.75) is 32.1 Å². The fraction of sp³-hybridized carbons (Fsp3) is 0.450. The molecule has 0 aromatic heterocycles. The number of carbonyl (C=O) groups excluding carboxylic acids is 1. The summed E-state index contributed by atoms with van der Waals surface area (Å²) in [5, 5.41) is 39.2. The molecule has 2 rings (SSSR count). The topological polar surface area (TPSA) is 121 Å². The molecule has 1 fully saturated rings. The van der Waals surface area contributed by atoms with Crippen molar-refractivity contribution in [3.63, 3.8) is 0 Å². The third-order valence-electron chi connectivity index (χ3n) is 5.20. The Labute approximate surface area is 152 Å². The van der Waals surface area contributed by atoms with Gasteiger partial charge in [-0.3, -0.25) is 4.79 Å². The molecule has 0 bridgehead atoms. The highest BCUT2D eigenvalue weighted by Crippen LogP contribution is 2.58. The van der Waals surface area contributed by atoms with Crippen molar-refractivity contribution in [1.29, 1.82) is 21.0 Å². The molecule has 2 atom stereocenters. The summed E-state index contributed by atoms with van der Waals surface area (Å²) < 4.78 is 5.14. The van der Waals surface area contributed by atoms with E-state index in [1.807, 2.05) is 31.2 Å². The zero-order valence-corrected chi connectivity index (χ0v) is 14.7. The van der Waals surface area contributed by atoms with Gasteiger partial charge < -0.3 is 4.74 Å². The van der Waals surface area contributed by atoms with Crippen molar-refractivity contribution in [3.05, 3.63) is 29.8 Å². The number of Topliss-reactive ketones (excluding diaryl/α,β-unsaturated/α-hetero) is 1. The van der Waals surface area contributed by atoms with Gasteiger partial charge in [0.05, 0.1) is 31.4 Å². The molecule has 6 heteroatoms. The first kappa shape index (κ1) is 19.0. The molecule has 1 saturated carbocycles. The molecular formula is C20H18N4O2. The number of nitriles is 4. The molecule has 0 radical (unpaired) electrons. The van der Waals surface area contributed by atoms with Gasteiger partial charge >= 0.3 is 0 Å². The van der Waals surface area contributed by atoms with Crippen LogP contribution in [0.4, 0.5) is 0 Å². The summed E-state index contributed by atoms with van der Waals surface area (Å²) in [6, 6.07) is 14.3. The summed E-state index contributed by atoms with van der Waals surface area (Å²) in [7, 11) is 1.52. The van der Waals surface area contributed by atoms with Gasteiger partial charge in [-0.15, -0.1) is 0 Å². The standard InChI is InChI=1S/C20H18N4O2/c1-3-4-16-17(25)9-19(10-21,11-22)20(12-23,13-24)18(16)14-5-7-15(26-2)8-6-14/h5-8,16,18H,3-4,9H2,1-2H3/t16-,18+/m1/s1. The Hall–Kier alpha value is -3.35. The Balaban J connectivity index is 2.78. The normalized spacial score (nSPS) is 22.9. The number of rotatable bonds is 4. The van der Waals surface area contributed by atoms with Gasteiger partial charge in [0.2, 0.25) is 0 Å². The van der Waals surface area contributed by atoms with Crippen molar-refractivity contribution in [3.8, 4) is 30.0 Å². The fourth-order valence-electron chi connectivity index (χ4n) is 3.85. The van der Waals surface area contributed by atoms with Crippen LogP contribution >= 0.6 is 0 Å². The lowest BCUT2D eigenvalue weighted by molar-refractivity contribution is -0.130. The molecule has 1 aromatic rings. The van der Waals surface area contributed by atoms with Crippen LogP contribution in [0.1, 0.15) is 37.7 Å². The van der Waals surface area contributed by atoms with Crippen LogP contribution in [0.25, 0.3) is 0 Å². The van der Waals surface area contributed by atoms with Crippen LogP contribution in [0.15, 0.2) is 24.3 Å². The minimum Gasteiger partial charge on any atom is -0.497 e. The number of carbonyl (C=O) groups is 1. The first-order valence-electron chi connectivity index (χ1n) is 8.30. The molecule has 1 aliphatic carbocycles. The predicted octanol–water partition coefficient (Wildman–Crippen LogP) is 3.24. The van der Waals surface area contributed by atoms with E-state index in [0.717, 1.165) is 0 Å². The highest BCUT2D eigenvalue weighted by atomic mass is 16.5. The Bertz CT molecular complexity index is 834. The summed E-state index contributed by atoms with van der Waals surface area (Å²) in [5.41, 5.74) is -3.35. The van der Waals surface area contributed by atoms with Gasteiger partial charge in [0, 0.05) is 18.3 Å². The predicted molar refractivity (Wildman–Crippen MR) is 91.1 cm³/mol. The van der Waals surface area contributed by atoms with Gasteiger partial charge in [-0.25, -0.2) is 0 Å². The third kappa shape index (κ3) is 2.57. The number of hydrogen-bond acceptors (Lipinski definition) is 6. The van der Waals surface area contributed by atoms with Crippen LogP contribution in [0.3, 0.4) is 0 Å². The molecule has 26 heavy (non-hydrogen) atoms. The van der Waals surface area contributed by atoms with Gasteiger partial charge in [0.1, 0.15) is 11.5 Å². The lowest BCUT2D eigenvalue weighted by atomic mass is 9.48.